The van der Waals surface area contributed by atoms with Crippen LogP contribution in [0.4, 0.5) is 0 Å². The molecule has 4 unspecified atom stereocenters. The van der Waals surface area contributed by atoms with Gasteiger partial charge in [-0.3, -0.25) is 4.55 Å². The number of hydrogen-bond donors (Lipinski definition) is 2. The number of benzene rings is 1. The molecule has 1 fully saturated rings. The average molecular weight is 469 g/mol. The number of rotatable bonds is 6. The van der Waals surface area contributed by atoms with Gasteiger partial charge in [-0.2, -0.15) is 8.42 Å². The molecule has 1 aromatic rings. The first-order chi connectivity index (χ1) is 14.5. The van der Waals surface area contributed by atoms with Crippen molar-refractivity contribution in [3.05, 3.63) is 11.1 Å². The zero-order chi connectivity index (χ0) is 24.4. The Balaban J connectivity index is 2.45. The molecule has 6 nitrogen and oxygen atoms in total. The molecule has 0 aromatic heterocycles. The summed E-state index contributed by atoms with van der Waals surface area (Å²) in [5.41, 5.74) is 0.850. The van der Waals surface area contributed by atoms with Crippen LogP contribution in [0.2, 0.25) is 0 Å². The van der Waals surface area contributed by atoms with Crippen molar-refractivity contribution in [3.63, 3.8) is 0 Å². The highest BCUT2D eigenvalue weighted by atomic mass is 32.2. The number of phenolic OH excluding ortho intramolecular Hbond substituents is 1. The normalized spacial score (nSPS) is 27.8. The van der Waals surface area contributed by atoms with E-state index < -0.39 is 10.1 Å². The van der Waals surface area contributed by atoms with E-state index in [1.54, 1.807) is 0 Å². The predicted molar refractivity (Wildman–Crippen MR) is 125 cm³/mol. The zero-order valence-electron chi connectivity index (χ0n) is 21.0. The van der Waals surface area contributed by atoms with Crippen molar-refractivity contribution in [1.29, 1.82) is 0 Å². The fourth-order valence-electron chi connectivity index (χ4n) is 7.27. The van der Waals surface area contributed by atoms with Gasteiger partial charge in [-0.15, -0.1) is 0 Å². The minimum atomic E-state index is -4.64. The molecule has 1 heterocycles. The summed E-state index contributed by atoms with van der Waals surface area (Å²) < 4.78 is 47.0. The third kappa shape index (κ3) is 3.89. The lowest BCUT2D eigenvalue weighted by atomic mass is 9.46. The van der Waals surface area contributed by atoms with Crippen LogP contribution < -0.4 is 9.47 Å². The quantitative estimate of drug-likeness (QED) is 0.501. The molecule has 7 heteroatoms. The molecule has 1 aliphatic heterocycles. The summed E-state index contributed by atoms with van der Waals surface area (Å²) in [6.45, 7) is 17.4. The molecular formula is C25H40O6S. The summed E-state index contributed by atoms with van der Waals surface area (Å²) in [5.74, 6) is 0.00411. The van der Waals surface area contributed by atoms with Gasteiger partial charge >= 0.3 is 0 Å². The number of hydrogen-bond acceptors (Lipinski definition) is 5. The highest BCUT2D eigenvalue weighted by molar-refractivity contribution is 7.86. The summed E-state index contributed by atoms with van der Waals surface area (Å²) in [4.78, 5) is -0.326. The van der Waals surface area contributed by atoms with Gasteiger partial charge in [0, 0.05) is 16.9 Å². The standard InChI is InChI=1S/C25H40O6S/c1-10-11-15-16-18(17(26)19(30-9)20(15)32(27,28)29)31-22-14(2)12-25(22,8)21(16)24(6,7)13-23(3,4)5/h14,21-22,26H,10-13H2,1-9H3,(H,27,28,29). The fourth-order valence-corrected chi connectivity index (χ4v) is 8.21. The molecule has 0 saturated heterocycles. The Morgan fingerprint density at radius 1 is 1.22 bits per heavy atom. The summed E-state index contributed by atoms with van der Waals surface area (Å²) in [6, 6.07) is 0. The van der Waals surface area contributed by atoms with Crippen LogP contribution in [0, 0.1) is 22.2 Å². The topological polar surface area (TPSA) is 93.1 Å². The maximum atomic E-state index is 12.5. The van der Waals surface area contributed by atoms with E-state index in [0.29, 0.717) is 30.1 Å². The Hall–Kier alpha value is -1.47. The van der Waals surface area contributed by atoms with Crippen molar-refractivity contribution in [2.24, 2.45) is 22.2 Å². The fraction of sp³-hybridized carbons (Fsp3) is 0.760. The van der Waals surface area contributed by atoms with Crippen molar-refractivity contribution in [2.45, 2.75) is 98.0 Å². The molecule has 1 aliphatic carbocycles. The van der Waals surface area contributed by atoms with E-state index >= 15 is 0 Å². The number of aromatic hydroxyl groups is 1. The van der Waals surface area contributed by atoms with Crippen LogP contribution in [-0.2, 0) is 16.5 Å². The minimum Gasteiger partial charge on any atom is -0.502 e. The molecule has 0 spiro atoms. The molecule has 1 saturated carbocycles. The van der Waals surface area contributed by atoms with Crippen molar-refractivity contribution in [1.82, 2.24) is 0 Å². The second kappa shape index (κ2) is 7.79. The smallest absolute Gasteiger partial charge is 0.298 e. The lowest BCUT2D eigenvalue weighted by Crippen LogP contribution is -2.61. The van der Waals surface area contributed by atoms with Gasteiger partial charge in [-0.1, -0.05) is 61.8 Å². The first-order valence-corrected chi connectivity index (χ1v) is 13.0. The molecule has 4 atom stereocenters. The van der Waals surface area contributed by atoms with Crippen LogP contribution >= 0.6 is 0 Å². The third-order valence-electron chi connectivity index (χ3n) is 7.33. The van der Waals surface area contributed by atoms with Gasteiger partial charge in [0.25, 0.3) is 10.1 Å². The average Bonchev–Trinajstić information content (AvgIpc) is 2.59. The Kier molecular flexibility index (Phi) is 6.13. The molecule has 0 amide bonds. The molecular weight excluding hydrogens is 428 g/mol. The van der Waals surface area contributed by atoms with Crippen LogP contribution in [0.25, 0.3) is 0 Å². The minimum absolute atomic E-state index is 0.0501. The monoisotopic (exact) mass is 468 g/mol. The second-order valence-corrected chi connectivity index (χ2v) is 13.4. The lowest BCUT2D eigenvalue weighted by molar-refractivity contribution is -0.143. The predicted octanol–water partition coefficient (Wildman–Crippen LogP) is 5.95. The van der Waals surface area contributed by atoms with Crippen molar-refractivity contribution < 1.29 is 27.6 Å². The summed E-state index contributed by atoms with van der Waals surface area (Å²) in [6.07, 6.45) is 2.87. The summed E-state index contributed by atoms with van der Waals surface area (Å²) in [5, 5.41) is 11.2. The molecule has 32 heavy (non-hydrogen) atoms. The Bertz CT molecular complexity index is 1000. The van der Waals surface area contributed by atoms with Crippen LogP contribution in [0.5, 0.6) is 17.2 Å². The van der Waals surface area contributed by atoms with E-state index in [1.165, 1.54) is 7.11 Å². The van der Waals surface area contributed by atoms with Crippen molar-refractivity contribution >= 4 is 10.1 Å². The first kappa shape index (κ1) is 25.2. The number of phenols is 1. The van der Waals surface area contributed by atoms with Crippen molar-refractivity contribution in [3.8, 4) is 17.2 Å². The van der Waals surface area contributed by atoms with Crippen LogP contribution in [0.15, 0.2) is 4.90 Å². The second-order valence-electron chi connectivity index (χ2n) is 12.0. The number of ether oxygens (including phenoxy) is 2. The van der Waals surface area contributed by atoms with Gasteiger partial charge in [0.1, 0.15) is 11.0 Å². The first-order valence-electron chi connectivity index (χ1n) is 11.6. The number of methoxy groups -OCH3 is 1. The van der Waals surface area contributed by atoms with Gasteiger partial charge in [-0.25, -0.2) is 0 Å². The summed E-state index contributed by atoms with van der Waals surface area (Å²) in [7, 11) is -3.35. The molecule has 3 rings (SSSR count). The van der Waals surface area contributed by atoms with Gasteiger partial charge in [0.2, 0.25) is 5.75 Å². The molecule has 2 N–H and O–H groups in total. The maximum absolute atomic E-state index is 12.5. The number of fused-ring (bicyclic) bond motifs is 2. The Labute approximate surface area is 193 Å². The van der Waals surface area contributed by atoms with Gasteiger partial charge in [0.15, 0.2) is 11.5 Å². The molecule has 0 bridgehead atoms. The van der Waals surface area contributed by atoms with Crippen molar-refractivity contribution in [2.75, 3.05) is 7.11 Å². The molecule has 182 valence electrons. The van der Waals surface area contributed by atoms with E-state index in [2.05, 4.69) is 48.5 Å². The third-order valence-corrected chi connectivity index (χ3v) is 8.28. The maximum Gasteiger partial charge on any atom is 0.298 e. The van der Waals surface area contributed by atoms with Crippen LogP contribution in [0.3, 0.4) is 0 Å². The lowest BCUT2D eigenvalue weighted by Gasteiger charge is -2.63. The van der Waals surface area contributed by atoms with E-state index in [9.17, 15) is 18.1 Å². The van der Waals surface area contributed by atoms with Crippen LogP contribution in [-0.4, -0.2) is 31.3 Å². The highest BCUT2D eigenvalue weighted by Crippen LogP contribution is 2.69. The molecule has 1 aromatic carbocycles. The SMILES string of the molecule is CCCc1c2c(c(O)c(OC)c1S(=O)(=O)O)OC1C(C)CC1(C)C2C(C)(C)CC(C)(C)C. The molecule has 2 aliphatic rings. The van der Waals surface area contributed by atoms with E-state index in [4.69, 9.17) is 9.47 Å². The van der Waals surface area contributed by atoms with Gasteiger partial charge in [-0.05, 0) is 41.6 Å². The summed E-state index contributed by atoms with van der Waals surface area (Å²) >= 11 is 0. The molecule has 0 radical (unpaired) electrons. The highest BCUT2D eigenvalue weighted by Gasteiger charge is 2.63. The van der Waals surface area contributed by atoms with Crippen LogP contribution in [0.1, 0.15) is 91.7 Å². The van der Waals surface area contributed by atoms with E-state index in [-0.39, 0.29) is 44.7 Å². The Morgan fingerprint density at radius 3 is 2.25 bits per heavy atom. The Morgan fingerprint density at radius 2 is 1.81 bits per heavy atom. The van der Waals surface area contributed by atoms with Gasteiger partial charge in [0.05, 0.1) is 7.11 Å². The zero-order valence-corrected chi connectivity index (χ0v) is 21.8. The van der Waals surface area contributed by atoms with Gasteiger partial charge < -0.3 is 14.6 Å². The van der Waals surface area contributed by atoms with E-state index in [0.717, 1.165) is 18.4 Å². The largest absolute Gasteiger partial charge is 0.502 e. The van der Waals surface area contributed by atoms with E-state index in [1.807, 2.05) is 6.92 Å².